The fourth-order valence-corrected chi connectivity index (χ4v) is 4.49. The first-order valence-corrected chi connectivity index (χ1v) is 8.13. The minimum absolute atomic E-state index is 0.577. The first-order chi connectivity index (χ1) is 11.5. The van der Waals surface area contributed by atoms with E-state index in [-0.39, 0.29) is 0 Å². The number of nitrogens with zero attached hydrogens (tertiary/aromatic N) is 2. The number of halogens is 3. The van der Waals surface area contributed by atoms with Gasteiger partial charge in [0, 0.05) is 20.9 Å². The lowest BCUT2D eigenvalue weighted by molar-refractivity contribution is -0.137. The van der Waals surface area contributed by atoms with Crippen LogP contribution >= 0.6 is 11.3 Å². The normalized spacial score (nSPS) is 12.8. The van der Waals surface area contributed by atoms with E-state index in [9.17, 15) is 13.2 Å². The number of benzene rings is 2. The van der Waals surface area contributed by atoms with Crippen LogP contribution in [-0.4, -0.2) is 9.61 Å². The fraction of sp³-hybridized carbons (Fsp3) is 0.0556. The van der Waals surface area contributed by atoms with Crippen LogP contribution in [0.4, 0.5) is 13.2 Å². The summed E-state index contributed by atoms with van der Waals surface area (Å²) in [5, 5.41) is 6.72. The number of hydrogen-bond donors (Lipinski definition) is 0. The number of fused-ring (bicyclic) bond motifs is 8. The van der Waals surface area contributed by atoms with Gasteiger partial charge in [-0.05, 0) is 30.3 Å². The summed E-state index contributed by atoms with van der Waals surface area (Å²) < 4.78 is 43.3. The Hall–Kier alpha value is -2.60. The molecule has 3 aromatic heterocycles. The minimum atomic E-state index is -4.37. The summed E-state index contributed by atoms with van der Waals surface area (Å²) in [5.41, 5.74) is 0.954. The molecule has 0 N–H and O–H groups in total. The molecule has 0 amide bonds. The van der Waals surface area contributed by atoms with Crippen LogP contribution in [0, 0.1) is 0 Å². The van der Waals surface area contributed by atoms with E-state index in [1.54, 1.807) is 22.0 Å². The third kappa shape index (κ3) is 1.74. The maximum atomic E-state index is 13.2. The van der Waals surface area contributed by atoms with Crippen LogP contribution in [0.5, 0.6) is 0 Å². The van der Waals surface area contributed by atoms with Crippen molar-refractivity contribution in [3.8, 4) is 0 Å². The first kappa shape index (κ1) is 13.8. The van der Waals surface area contributed by atoms with Gasteiger partial charge in [-0.2, -0.15) is 18.3 Å². The highest BCUT2D eigenvalue weighted by Gasteiger charge is 2.31. The fourth-order valence-electron chi connectivity index (χ4n) is 3.26. The standard InChI is InChI=1S/C18H9F3N2S/c19-18(20,21)10-5-6-13-12(9-10)16-11-3-1-2-4-15(11)24-17(16)14-7-8-22-23(13)14/h1-9H. The van der Waals surface area contributed by atoms with Gasteiger partial charge in [0.1, 0.15) is 0 Å². The molecule has 0 radical (unpaired) electrons. The van der Waals surface area contributed by atoms with Gasteiger partial charge < -0.3 is 0 Å². The van der Waals surface area contributed by atoms with E-state index in [1.165, 1.54) is 12.1 Å². The second-order valence-corrected chi connectivity index (χ2v) is 6.71. The Morgan fingerprint density at radius 1 is 0.917 bits per heavy atom. The van der Waals surface area contributed by atoms with Crippen LogP contribution in [0.2, 0.25) is 0 Å². The highest BCUT2D eigenvalue weighted by Crippen LogP contribution is 2.42. The van der Waals surface area contributed by atoms with Crippen LogP contribution in [0.25, 0.3) is 36.6 Å². The molecular weight excluding hydrogens is 333 g/mol. The van der Waals surface area contributed by atoms with Crippen LogP contribution in [0.1, 0.15) is 5.56 Å². The van der Waals surface area contributed by atoms with Crippen molar-refractivity contribution in [3.05, 3.63) is 60.3 Å². The SMILES string of the molecule is FC(F)(F)c1ccc2c(c1)c1c3ccccc3sc1c1ccnn21. The van der Waals surface area contributed by atoms with E-state index in [1.807, 2.05) is 30.3 Å². The molecule has 0 atom stereocenters. The van der Waals surface area contributed by atoms with Gasteiger partial charge >= 0.3 is 6.18 Å². The summed E-state index contributed by atoms with van der Waals surface area (Å²) in [7, 11) is 0. The van der Waals surface area contributed by atoms with E-state index >= 15 is 0 Å². The molecule has 0 saturated heterocycles. The molecule has 0 aliphatic carbocycles. The van der Waals surface area contributed by atoms with Crippen molar-refractivity contribution >= 4 is 47.9 Å². The van der Waals surface area contributed by atoms with Gasteiger partial charge in [-0.25, -0.2) is 4.52 Å². The number of rotatable bonds is 0. The Morgan fingerprint density at radius 2 is 1.75 bits per heavy atom. The van der Waals surface area contributed by atoms with Crippen molar-refractivity contribution in [3.63, 3.8) is 0 Å². The molecule has 6 heteroatoms. The van der Waals surface area contributed by atoms with Crippen LogP contribution in [0.15, 0.2) is 54.7 Å². The van der Waals surface area contributed by atoms with Gasteiger partial charge in [-0.15, -0.1) is 11.3 Å². The molecule has 0 aliphatic heterocycles. The van der Waals surface area contributed by atoms with E-state index in [2.05, 4.69) is 5.10 Å². The molecule has 0 fully saturated rings. The maximum Gasteiger partial charge on any atom is 0.416 e. The second kappa shape index (κ2) is 4.48. The molecule has 5 aromatic rings. The van der Waals surface area contributed by atoms with Gasteiger partial charge in [-0.1, -0.05) is 18.2 Å². The number of aromatic nitrogens is 2. The van der Waals surface area contributed by atoms with Crippen LogP contribution < -0.4 is 0 Å². The number of pyridine rings is 1. The Balaban J connectivity index is 2.11. The van der Waals surface area contributed by atoms with Gasteiger partial charge in [-0.3, -0.25) is 0 Å². The van der Waals surface area contributed by atoms with Crippen LogP contribution in [0.3, 0.4) is 0 Å². The Morgan fingerprint density at radius 3 is 2.58 bits per heavy atom. The average molecular weight is 342 g/mol. The van der Waals surface area contributed by atoms with Gasteiger partial charge in [0.25, 0.3) is 0 Å². The lowest BCUT2D eigenvalue weighted by Crippen LogP contribution is -2.05. The summed E-state index contributed by atoms with van der Waals surface area (Å²) in [6.45, 7) is 0. The lowest BCUT2D eigenvalue weighted by atomic mass is 10.0. The molecule has 0 bridgehead atoms. The number of hydrogen-bond acceptors (Lipinski definition) is 2. The second-order valence-electron chi connectivity index (χ2n) is 5.66. The Labute approximate surface area is 137 Å². The number of thiophene rings is 1. The third-order valence-corrected chi connectivity index (χ3v) is 5.49. The topological polar surface area (TPSA) is 17.3 Å². The zero-order chi connectivity index (χ0) is 16.5. The minimum Gasteiger partial charge on any atom is -0.232 e. The maximum absolute atomic E-state index is 13.2. The molecule has 2 aromatic carbocycles. The Kier molecular flexibility index (Phi) is 2.58. The predicted octanol–water partition coefficient (Wildman–Crippen LogP) is 5.87. The molecule has 0 saturated carbocycles. The molecule has 3 heterocycles. The Bertz CT molecular complexity index is 1250. The predicted molar refractivity (Wildman–Crippen MR) is 90.6 cm³/mol. The largest absolute Gasteiger partial charge is 0.416 e. The van der Waals surface area contributed by atoms with Crippen molar-refractivity contribution in [1.82, 2.24) is 9.61 Å². The molecular formula is C18H9F3N2S. The highest BCUT2D eigenvalue weighted by atomic mass is 32.1. The van der Waals surface area contributed by atoms with E-state index < -0.39 is 11.7 Å². The highest BCUT2D eigenvalue weighted by molar-refractivity contribution is 7.26. The zero-order valence-corrected chi connectivity index (χ0v) is 12.9. The molecule has 0 spiro atoms. The quantitative estimate of drug-likeness (QED) is 0.344. The van der Waals surface area contributed by atoms with Crippen molar-refractivity contribution in [2.75, 3.05) is 0 Å². The van der Waals surface area contributed by atoms with E-state index in [0.29, 0.717) is 10.9 Å². The van der Waals surface area contributed by atoms with Crippen LogP contribution in [-0.2, 0) is 6.18 Å². The number of alkyl halides is 3. The van der Waals surface area contributed by atoms with Crippen molar-refractivity contribution in [2.24, 2.45) is 0 Å². The average Bonchev–Trinajstić information content (AvgIpc) is 3.18. The molecule has 24 heavy (non-hydrogen) atoms. The summed E-state index contributed by atoms with van der Waals surface area (Å²) in [6.07, 6.45) is -2.69. The van der Waals surface area contributed by atoms with Crippen molar-refractivity contribution < 1.29 is 13.2 Å². The summed E-state index contributed by atoms with van der Waals surface area (Å²) in [5.74, 6) is 0. The molecule has 5 rings (SSSR count). The monoisotopic (exact) mass is 342 g/mol. The molecule has 2 nitrogen and oxygen atoms in total. The van der Waals surface area contributed by atoms with Gasteiger partial charge in [0.05, 0.1) is 27.5 Å². The zero-order valence-electron chi connectivity index (χ0n) is 12.1. The molecule has 0 unspecified atom stereocenters. The summed E-state index contributed by atoms with van der Waals surface area (Å²) in [6, 6.07) is 13.6. The lowest BCUT2D eigenvalue weighted by Gasteiger charge is -2.10. The van der Waals surface area contributed by atoms with Crippen molar-refractivity contribution in [1.29, 1.82) is 0 Å². The first-order valence-electron chi connectivity index (χ1n) is 7.32. The molecule has 0 aliphatic rings. The van der Waals surface area contributed by atoms with Gasteiger partial charge in [0.2, 0.25) is 0 Å². The summed E-state index contributed by atoms with van der Waals surface area (Å²) in [4.78, 5) is 0. The summed E-state index contributed by atoms with van der Waals surface area (Å²) >= 11 is 1.58. The van der Waals surface area contributed by atoms with Crippen molar-refractivity contribution in [2.45, 2.75) is 6.18 Å². The third-order valence-electron chi connectivity index (χ3n) is 4.29. The smallest absolute Gasteiger partial charge is 0.232 e. The molecule has 118 valence electrons. The van der Waals surface area contributed by atoms with Gasteiger partial charge in [0.15, 0.2) is 0 Å². The van der Waals surface area contributed by atoms with E-state index in [4.69, 9.17) is 0 Å². The van der Waals surface area contributed by atoms with E-state index in [0.717, 1.165) is 31.8 Å².